The Morgan fingerprint density at radius 2 is 1.17 bits per heavy atom. The zero-order valence-electron chi connectivity index (χ0n) is 14.0. The van der Waals surface area contributed by atoms with Crippen molar-refractivity contribution >= 4 is 35.3 Å². The summed E-state index contributed by atoms with van der Waals surface area (Å²) in [6.45, 7) is 6.68. The molecule has 0 fully saturated rings. The van der Waals surface area contributed by atoms with Gasteiger partial charge in [0.15, 0.2) is 0 Å². The molecule has 0 unspecified atom stereocenters. The molecule has 126 valence electrons. The molecular weight excluding hydrogens is 308 g/mol. The molecule has 0 spiro atoms. The summed E-state index contributed by atoms with van der Waals surface area (Å²) >= 11 is 0. The van der Waals surface area contributed by atoms with Crippen LogP contribution in [0.4, 0.5) is 0 Å². The first-order chi connectivity index (χ1) is 11.5. The number of hydrogen-bond donors (Lipinski definition) is 2. The molecule has 24 heavy (non-hydrogen) atoms. The van der Waals surface area contributed by atoms with Gasteiger partial charge in [0.1, 0.15) is 0 Å². The highest BCUT2D eigenvalue weighted by molar-refractivity contribution is 6.40. The minimum atomic E-state index is 0.406. The van der Waals surface area contributed by atoms with Crippen molar-refractivity contribution in [3.63, 3.8) is 0 Å². The highest BCUT2D eigenvalue weighted by Crippen LogP contribution is 2.01. The third kappa shape index (κ3) is 6.30. The highest BCUT2D eigenvalue weighted by Gasteiger charge is 1.96. The van der Waals surface area contributed by atoms with Crippen LogP contribution in [0.5, 0.6) is 0 Å². The molecule has 8 nitrogen and oxygen atoms in total. The summed E-state index contributed by atoms with van der Waals surface area (Å²) in [5.74, 6) is 0. The Labute approximate surface area is 140 Å². The van der Waals surface area contributed by atoms with E-state index in [9.17, 15) is 0 Å². The molecule has 0 heterocycles. The fourth-order valence-corrected chi connectivity index (χ4v) is 1.37. The average Bonchev–Trinajstić information content (AvgIpc) is 2.60. The van der Waals surface area contributed by atoms with Crippen molar-refractivity contribution in [2.75, 3.05) is 0 Å². The second-order valence-corrected chi connectivity index (χ2v) is 4.90. The minimum Gasteiger partial charge on any atom is -0.411 e. The van der Waals surface area contributed by atoms with Crippen LogP contribution in [0.3, 0.4) is 0 Å². The van der Waals surface area contributed by atoms with Gasteiger partial charge in [0, 0.05) is 0 Å². The van der Waals surface area contributed by atoms with Gasteiger partial charge < -0.3 is 10.4 Å². The first-order valence-corrected chi connectivity index (χ1v) is 7.11. The first kappa shape index (κ1) is 18.9. The van der Waals surface area contributed by atoms with Gasteiger partial charge in [-0.2, -0.15) is 20.4 Å². The van der Waals surface area contributed by atoms with Crippen LogP contribution in [-0.2, 0) is 0 Å². The smallest absolute Gasteiger partial charge is 0.0994 e. The molecule has 8 heteroatoms. The van der Waals surface area contributed by atoms with Crippen LogP contribution in [0, 0.1) is 0 Å². The molecular formula is C16H20N6O2. The van der Waals surface area contributed by atoms with Crippen molar-refractivity contribution in [3.05, 3.63) is 35.4 Å². The predicted molar refractivity (Wildman–Crippen MR) is 97.6 cm³/mol. The van der Waals surface area contributed by atoms with Crippen LogP contribution < -0.4 is 0 Å². The van der Waals surface area contributed by atoms with E-state index in [0.717, 1.165) is 11.1 Å². The van der Waals surface area contributed by atoms with E-state index in [1.54, 1.807) is 40.1 Å². The minimum absolute atomic E-state index is 0.406. The van der Waals surface area contributed by atoms with Crippen LogP contribution in [0.1, 0.15) is 38.8 Å². The molecule has 0 amide bonds. The molecule has 0 aromatic heterocycles. The number of hydrogen-bond acceptors (Lipinski definition) is 8. The lowest BCUT2D eigenvalue weighted by Gasteiger charge is -1.96. The Kier molecular flexibility index (Phi) is 7.69. The molecule has 0 aliphatic heterocycles. The van der Waals surface area contributed by atoms with Crippen molar-refractivity contribution in [2.45, 2.75) is 27.7 Å². The maximum absolute atomic E-state index is 8.64. The Hall–Kier alpha value is -3.16. The molecule has 1 rings (SSSR count). The molecule has 0 bridgehead atoms. The summed E-state index contributed by atoms with van der Waals surface area (Å²) < 4.78 is 0. The SMILES string of the molecule is CC(=N/O)/C(C)=N/N=C\c1cccc(\C=N/N=C(C)/C(C)=N\O)c1. The van der Waals surface area contributed by atoms with Gasteiger partial charge in [0.25, 0.3) is 0 Å². The zero-order chi connectivity index (χ0) is 17.9. The fourth-order valence-electron chi connectivity index (χ4n) is 1.37. The summed E-state index contributed by atoms with van der Waals surface area (Å²) in [5.41, 5.74) is 3.53. The van der Waals surface area contributed by atoms with E-state index in [4.69, 9.17) is 10.4 Å². The van der Waals surface area contributed by atoms with Crippen molar-refractivity contribution in [2.24, 2.45) is 30.7 Å². The topological polar surface area (TPSA) is 115 Å². The van der Waals surface area contributed by atoms with E-state index in [1.165, 1.54) is 0 Å². The molecule has 0 aliphatic carbocycles. The lowest BCUT2D eigenvalue weighted by Crippen LogP contribution is -2.04. The van der Waals surface area contributed by atoms with Crippen LogP contribution >= 0.6 is 0 Å². The third-order valence-corrected chi connectivity index (χ3v) is 3.09. The molecule has 1 aromatic rings. The summed E-state index contributed by atoms with van der Waals surface area (Å²) in [5, 5.41) is 39.2. The fraction of sp³-hybridized carbons (Fsp3) is 0.250. The number of benzene rings is 1. The van der Waals surface area contributed by atoms with Crippen molar-refractivity contribution in [3.8, 4) is 0 Å². The lowest BCUT2D eigenvalue weighted by molar-refractivity contribution is 0.319. The van der Waals surface area contributed by atoms with E-state index >= 15 is 0 Å². The van der Waals surface area contributed by atoms with Crippen LogP contribution in [0.2, 0.25) is 0 Å². The van der Waals surface area contributed by atoms with Crippen LogP contribution in [0.15, 0.2) is 55.0 Å². The average molecular weight is 328 g/mol. The Bertz CT molecular complexity index is 685. The Morgan fingerprint density at radius 3 is 1.54 bits per heavy atom. The van der Waals surface area contributed by atoms with Gasteiger partial charge in [-0.05, 0) is 44.9 Å². The van der Waals surface area contributed by atoms with Gasteiger partial charge in [-0.15, -0.1) is 0 Å². The van der Waals surface area contributed by atoms with Gasteiger partial charge in [0.05, 0.1) is 35.3 Å². The first-order valence-electron chi connectivity index (χ1n) is 7.11. The molecule has 2 N–H and O–H groups in total. The van der Waals surface area contributed by atoms with E-state index in [2.05, 4.69) is 30.7 Å². The van der Waals surface area contributed by atoms with Gasteiger partial charge >= 0.3 is 0 Å². The van der Waals surface area contributed by atoms with Crippen molar-refractivity contribution in [1.82, 2.24) is 0 Å². The summed E-state index contributed by atoms with van der Waals surface area (Å²) in [4.78, 5) is 0. The molecule has 0 saturated carbocycles. The van der Waals surface area contributed by atoms with Gasteiger partial charge in [-0.25, -0.2) is 0 Å². The van der Waals surface area contributed by atoms with Gasteiger partial charge in [-0.3, -0.25) is 0 Å². The van der Waals surface area contributed by atoms with E-state index < -0.39 is 0 Å². The largest absolute Gasteiger partial charge is 0.411 e. The van der Waals surface area contributed by atoms with E-state index in [-0.39, 0.29) is 0 Å². The van der Waals surface area contributed by atoms with Crippen molar-refractivity contribution in [1.29, 1.82) is 0 Å². The zero-order valence-corrected chi connectivity index (χ0v) is 14.0. The molecule has 0 radical (unpaired) electrons. The maximum atomic E-state index is 8.64. The molecule has 0 atom stereocenters. The normalized spacial score (nSPS) is 14.8. The monoisotopic (exact) mass is 328 g/mol. The number of rotatable bonds is 6. The Morgan fingerprint density at radius 1 is 0.750 bits per heavy atom. The van der Waals surface area contributed by atoms with Crippen LogP contribution in [-0.4, -0.2) is 45.7 Å². The van der Waals surface area contributed by atoms with E-state index in [0.29, 0.717) is 22.8 Å². The standard InChI is InChI=1S/C16H20N6O2/c1-11(13(3)21-23)19-17-9-15-6-5-7-16(8-15)10-18-20-12(2)14(4)22-24/h5-10,23-24H,1-4H3/b17-9-,18-10-,19-11+,20-12+,21-13-,22-14-. The quantitative estimate of drug-likeness (QED) is 0.475. The van der Waals surface area contributed by atoms with Crippen molar-refractivity contribution < 1.29 is 10.4 Å². The predicted octanol–water partition coefficient (Wildman–Crippen LogP) is 2.98. The summed E-state index contributed by atoms with van der Waals surface area (Å²) in [6, 6.07) is 7.46. The maximum Gasteiger partial charge on any atom is 0.0994 e. The second kappa shape index (κ2) is 9.78. The third-order valence-electron chi connectivity index (χ3n) is 3.09. The molecule has 0 saturated heterocycles. The summed E-state index contributed by atoms with van der Waals surface area (Å²) in [7, 11) is 0. The second-order valence-electron chi connectivity index (χ2n) is 4.90. The number of oxime groups is 2. The number of nitrogens with zero attached hydrogens (tertiary/aromatic N) is 6. The van der Waals surface area contributed by atoms with Gasteiger partial charge in [0.2, 0.25) is 0 Å². The Balaban J connectivity index is 2.84. The van der Waals surface area contributed by atoms with E-state index in [1.807, 2.05) is 24.3 Å². The lowest BCUT2D eigenvalue weighted by atomic mass is 10.1. The van der Waals surface area contributed by atoms with Gasteiger partial charge in [-0.1, -0.05) is 28.5 Å². The summed E-state index contributed by atoms with van der Waals surface area (Å²) in [6.07, 6.45) is 3.17. The highest BCUT2D eigenvalue weighted by atomic mass is 16.4. The molecule has 0 aliphatic rings. The molecule has 1 aromatic carbocycles. The van der Waals surface area contributed by atoms with Crippen LogP contribution in [0.25, 0.3) is 0 Å².